The molecule has 0 spiro atoms. The molecule has 0 radical (unpaired) electrons. The Balaban J connectivity index is 1.55. The third-order valence-electron chi connectivity index (χ3n) is 3.55. The van der Waals surface area contributed by atoms with E-state index in [9.17, 15) is 14.0 Å². The largest absolute Gasteiger partial charge is 0.482 e. The lowest BCUT2D eigenvalue weighted by molar-refractivity contribution is -0.136. The predicted molar refractivity (Wildman–Crippen MR) is 104 cm³/mol. The highest BCUT2D eigenvalue weighted by Gasteiger charge is 2.12. The molecule has 0 amide bonds. The van der Waals surface area contributed by atoms with Crippen molar-refractivity contribution in [2.45, 2.75) is 24.8 Å². The Bertz CT molecular complexity index is 1050. The fraction of sp³-hybridized carbons (Fsp3) is 0.200. The number of aromatic nitrogens is 2. The highest BCUT2D eigenvalue weighted by atomic mass is 32.2. The van der Waals surface area contributed by atoms with Crippen molar-refractivity contribution in [3.63, 3.8) is 0 Å². The van der Waals surface area contributed by atoms with Gasteiger partial charge in [-0.3, -0.25) is 4.79 Å². The molecule has 0 aliphatic rings. The van der Waals surface area contributed by atoms with Crippen LogP contribution in [0.5, 0.6) is 11.5 Å². The van der Waals surface area contributed by atoms with Crippen molar-refractivity contribution in [3.8, 4) is 11.5 Å². The van der Waals surface area contributed by atoms with Gasteiger partial charge < -0.3 is 13.9 Å². The van der Waals surface area contributed by atoms with E-state index in [2.05, 4.69) is 9.97 Å². The van der Waals surface area contributed by atoms with Gasteiger partial charge >= 0.3 is 5.97 Å². The zero-order valence-electron chi connectivity index (χ0n) is 15.7. The van der Waals surface area contributed by atoms with E-state index in [1.54, 1.807) is 0 Å². The molecule has 1 aromatic carbocycles. The number of carbonyl (C=O) groups is 1. The highest BCUT2D eigenvalue weighted by molar-refractivity contribution is 7.98. The molecule has 150 valence electrons. The van der Waals surface area contributed by atoms with Crippen LogP contribution in [-0.4, -0.2) is 22.5 Å². The van der Waals surface area contributed by atoms with Crippen LogP contribution in [0.3, 0.4) is 0 Å². The summed E-state index contributed by atoms with van der Waals surface area (Å²) in [6, 6.07) is 8.28. The Morgan fingerprint density at radius 2 is 1.83 bits per heavy atom. The highest BCUT2D eigenvalue weighted by Crippen LogP contribution is 2.20. The molecule has 0 aliphatic heterocycles. The summed E-state index contributed by atoms with van der Waals surface area (Å²) in [7, 11) is 0. The smallest absolute Gasteiger partial charge is 0.349 e. The average Bonchev–Trinajstić information content (AvgIpc) is 2.67. The van der Waals surface area contributed by atoms with Crippen molar-refractivity contribution in [2.24, 2.45) is 0 Å². The number of esters is 1. The number of thioether (sulfide) groups is 1. The summed E-state index contributed by atoms with van der Waals surface area (Å²) in [5.41, 5.74) is 1.21. The van der Waals surface area contributed by atoms with E-state index in [-0.39, 0.29) is 5.75 Å². The Morgan fingerprint density at radius 1 is 1.14 bits per heavy atom. The van der Waals surface area contributed by atoms with Gasteiger partial charge in [0.2, 0.25) is 11.2 Å². The van der Waals surface area contributed by atoms with Crippen LogP contribution in [0.1, 0.15) is 17.1 Å². The Morgan fingerprint density at radius 3 is 2.48 bits per heavy atom. The first-order valence-corrected chi connectivity index (χ1v) is 9.53. The van der Waals surface area contributed by atoms with Gasteiger partial charge in [0, 0.05) is 17.5 Å². The lowest BCUT2D eigenvalue weighted by Crippen LogP contribution is -2.20. The van der Waals surface area contributed by atoms with Gasteiger partial charge in [-0.05, 0) is 44.2 Å². The number of ether oxygens (including phenoxy) is 2. The molecule has 0 fully saturated rings. The lowest BCUT2D eigenvalue weighted by atomic mass is 10.3. The molecule has 9 heteroatoms. The first kappa shape index (κ1) is 20.5. The second-order valence-electron chi connectivity index (χ2n) is 6.01. The van der Waals surface area contributed by atoms with E-state index in [4.69, 9.17) is 13.9 Å². The van der Waals surface area contributed by atoms with Crippen molar-refractivity contribution >= 4 is 17.7 Å². The summed E-state index contributed by atoms with van der Waals surface area (Å²) in [5, 5.41) is 0.582. The fourth-order valence-electron chi connectivity index (χ4n) is 2.31. The van der Waals surface area contributed by atoms with E-state index in [1.165, 1.54) is 42.1 Å². The molecule has 0 bridgehead atoms. The van der Waals surface area contributed by atoms with E-state index in [0.717, 1.165) is 17.7 Å². The van der Waals surface area contributed by atoms with E-state index < -0.39 is 23.8 Å². The number of halogens is 1. The molecule has 0 atom stereocenters. The summed E-state index contributed by atoms with van der Waals surface area (Å²) in [6.07, 6.45) is 1.08. The van der Waals surface area contributed by atoms with Crippen LogP contribution in [0.2, 0.25) is 0 Å². The third kappa shape index (κ3) is 6.15. The summed E-state index contributed by atoms with van der Waals surface area (Å²) in [4.78, 5) is 32.6. The topological polar surface area (TPSA) is 91.5 Å². The van der Waals surface area contributed by atoms with Crippen molar-refractivity contribution in [1.29, 1.82) is 0 Å². The minimum atomic E-state index is -0.785. The molecule has 29 heavy (non-hydrogen) atoms. The van der Waals surface area contributed by atoms with Gasteiger partial charge in [-0.25, -0.2) is 19.2 Å². The Labute approximate surface area is 169 Å². The molecule has 2 aromatic heterocycles. The minimum Gasteiger partial charge on any atom is -0.482 e. The van der Waals surface area contributed by atoms with Crippen molar-refractivity contribution < 1.29 is 23.1 Å². The number of rotatable bonds is 7. The number of carbonyl (C=O) groups excluding carboxylic acids is 1. The monoisotopic (exact) mass is 416 g/mol. The summed E-state index contributed by atoms with van der Waals surface area (Å²) in [5.74, 6) is -0.400. The maximum atomic E-state index is 12.8. The second-order valence-corrected chi connectivity index (χ2v) is 6.96. The molecule has 0 unspecified atom stereocenters. The van der Waals surface area contributed by atoms with Crippen LogP contribution in [0.25, 0.3) is 0 Å². The van der Waals surface area contributed by atoms with Crippen LogP contribution in [0, 0.1) is 19.7 Å². The van der Waals surface area contributed by atoms with E-state index in [1.807, 2.05) is 19.9 Å². The molecular formula is C20H17FN2O5S. The number of benzene rings is 1. The number of hydrogen-bond donors (Lipinski definition) is 0. The quantitative estimate of drug-likeness (QED) is 0.329. The number of aryl methyl sites for hydroxylation is 2. The van der Waals surface area contributed by atoms with Gasteiger partial charge in [0.15, 0.2) is 11.8 Å². The Kier molecular flexibility index (Phi) is 6.61. The molecule has 3 rings (SSSR count). The van der Waals surface area contributed by atoms with Gasteiger partial charge in [-0.15, -0.1) is 0 Å². The van der Waals surface area contributed by atoms with Crippen molar-refractivity contribution in [2.75, 3.05) is 6.61 Å². The normalized spacial score (nSPS) is 10.6. The van der Waals surface area contributed by atoms with E-state index >= 15 is 0 Å². The third-order valence-corrected chi connectivity index (χ3v) is 4.42. The van der Waals surface area contributed by atoms with Crippen LogP contribution >= 0.6 is 11.8 Å². The molecule has 3 aromatic rings. The van der Waals surface area contributed by atoms with Gasteiger partial charge in [0.1, 0.15) is 23.6 Å². The summed E-state index contributed by atoms with van der Waals surface area (Å²) >= 11 is 1.33. The lowest BCUT2D eigenvalue weighted by Gasteiger charge is -2.07. The zero-order valence-corrected chi connectivity index (χ0v) is 16.5. The van der Waals surface area contributed by atoms with Crippen LogP contribution in [0.4, 0.5) is 4.39 Å². The number of nitrogens with zero attached hydrogens (tertiary/aromatic N) is 2. The van der Waals surface area contributed by atoms with Crippen LogP contribution in [0.15, 0.2) is 57.0 Å². The standard InChI is InChI=1S/C20H17FN2O5S/c1-12-7-13(2)23-20(22-12)29-11-16-8-17(24)18(9-26-16)28-19(25)10-27-15-5-3-14(21)4-6-15/h3-9H,10-11H2,1-2H3. The zero-order chi connectivity index (χ0) is 20.8. The van der Waals surface area contributed by atoms with Gasteiger partial charge in [0.05, 0.1) is 5.75 Å². The molecular weight excluding hydrogens is 399 g/mol. The summed E-state index contributed by atoms with van der Waals surface area (Å²) < 4.78 is 28.3. The molecule has 2 heterocycles. The maximum Gasteiger partial charge on any atom is 0.349 e. The van der Waals surface area contributed by atoms with Crippen LogP contribution in [-0.2, 0) is 10.5 Å². The minimum absolute atomic E-state index is 0.242. The molecule has 7 nitrogen and oxygen atoms in total. The van der Waals surface area contributed by atoms with Crippen molar-refractivity contribution in [1.82, 2.24) is 9.97 Å². The predicted octanol–water partition coefficient (Wildman–Crippen LogP) is 3.46. The van der Waals surface area contributed by atoms with Crippen molar-refractivity contribution in [3.05, 3.63) is 75.9 Å². The molecule has 0 aliphatic carbocycles. The van der Waals surface area contributed by atoms with Gasteiger partial charge in [-0.1, -0.05) is 11.8 Å². The number of hydrogen-bond acceptors (Lipinski definition) is 8. The Hall–Kier alpha value is -3.20. The maximum absolute atomic E-state index is 12.8. The van der Waals surface area contributed by atoms with Crippen LogP contribution < -0.4 is 14.9 Å². The van der Waals surface area contributed by atoms with Gasteiger partial charge in [0.25, 0.3) is 0 Å². The average molecular weight is 416 g/mol. The van der Waals surface area contributed by atoms with Gasteiger partial charge in [-0.2, -0.15) is 0 Å². The first-order valence-electron chi connectivity index (χ1n) is 8.55. The van der Waals surface area contributed by atoms with E-state index in [0.29, 0.717) is 22.4 Å². The fourth-order valence-corrected chi connectivity index (χ4v) is 3.15. The molecule has 0 saturated carbocycles. The second kappa shape index (κ2) is 9.33. The molecule has 0 saturated heterocycles. The summed E-state index contributed by atoms with van der Waals surface area (Å²) in [6.45, 7) is 3.32. The molecule has 0 N–H and O–H groups in total. The first-order chi connectivity index (χ1) is 13.9. The SMILES string of the molecule is Cc1cc(C)nc(SCc2cc(=O)c(OC(=O)COc3ccc(F)cc3)co2)n1.